The average Bonchev–Trinajstić information content (AvgIpc) is 3.88. The summed E-state index contributed by atoms with van der Waals surface area (Å²) in [4.78, 5) is 26.1. The molecule has 1 atom stereocenters. The predicted molar refractivity (Wildman–Crippen MR) is 202 cm³/mol. The quantitative estimate of drug-likeness (QED) is 0.171. The predicted octanol–water partition coefficient (Wildman–Crippen LogP) is 4.26. The molecule has 3 aromatic carbocycles. The number of para-hydroxylation sites is 2. The smallest absolute Gasteiger partial charge is 0.255 e. The van der Waals surface area contributed by atoms with Crippen molar-refractivity contribution in [2.75, 3.05) is 70.2 Å². The van der Waals surface area contributed by atoms with E-state index < -0.39 is 9.84 Å². The van der Waals surface area contributed by atoms with Crippen molar-refractivity contribution in [2.45, 2.75) is 43.0 Å². The normalized spacial score (nSPS) is 18.4. The Morgan fingerprint density at radius 1 is 0.942 bits per heavy atom. The zero-order chi connectivity index (χ0) is 35.4. The summed E-state index contributed by atoms with van der Waals surface area (Å²) in [6.45, 7) is 9.69. The maximum absolute atomic E-state index is 14.2. The highest BCUT2D eigenvalue weighted by Gasteiger charge is 2.42. The number of hydrogen-bond acceptors (Lipinski definition) is 10. The second-order valence-corrected chi connectivity index (χ2v) is 15.5. The van der Waals surface area contributed by atoms with E-state index in [0.29, 0.717) is 32.0 Å². The lowest BCUT2D eigenvalue weighted by Crippen LogP contribution is -2.39. The van der Waals surface area contributed by atoms with Crippen molar-refractivity contribution in [1.82, 2.24) is 39.6 Å². The molecule has 1 amide bonds. The number of ether oxygens (including phenoxy) is 1. The highest BCUT2D eigenvalue weighted by atomic mass is 35.5. The van der Waals surface area contributed by atoms with Crippen LogP contribution < -0.4 is 4.90 Å². The third kappa shape index (κ3) is 7.85. The van der Waals surface area contributed by atoms with Gasteiger partial charge in [0, 0.05) is 57.5 Å². The SMILES string of the molecule is CCOCCn1c(N2CCCN(CCC3(c4ccccc4)CCN(C(=O)c4cc(-n5cnnn5)ccc4S(C)(=O)=O)C3)CC2)nc2ccccc21.Cl. The Bertz CT molecular complexity index is 2080. The minimum absolute atomic E-state index is 0. The number of likely N-dealkylation sites (tertiary alicyclic amines) is 1. The third-order valence-electron chi connectivity index (χ3n) is 10.3. The topological polar surface area (TPSA) is 132 Å². The van der Waals surface area contributed by atoms with Gasteiger partial charge in [-0.15, -0.1) is 17.5 Å². The second kappa shape index (κ2) is 16.1. The van der Waals surface area contributed by atoms with Crippen molar-refractivity contribution in [3.63, 3.8) is 0 Å². The molecule has 276 valence electrons. The van der Waals surface area contributed by atoms with Crippen LogP contribution in [0.3, 0.4) is 0 Å². The van der Waals surface area contributed by atoms with Crippen LogP contribution in [0.2, 0.25) is 0 Å². The maximum Gasteiger partial charge on any atom is 0.255 e. The van der Waals surface area contributed by atoms with Gasteiger partial charge in [0.05, 0.1) is 33.8 Å². The lowest BCUT2D eigenvalue weighted by atomic mass is 9.76. The van der Waals surface area contributed by atoms with E-state index in [4.69, 9.17) is 9.72 Å². The molecule has 2 aliphatic heterocycles. The number of tetrazole rings is 1. The van der Waals surface area contributed by atoms with Gasteiger partial charge in [-0.25, -0.2) is 18.1 Å². The molecule has 0 spiro atoms. The van der Waals surface area contributed by atoms with Gasteiger partial charge in [0.2, 0.25) is 5.95 Å². The summed E-state index contributed by atoms with van der Waals surface area (Å²) in [6.07, 6.45) is 5.22. The number of sulfone groups is 1. The van der Waals surface area contributed by atoms with Gasteiger partial charge in [-0.3, -0.25) is 4.79 Å². The lowest BCUT2D eigenvalue weighted by Gasteiger charge is -2.33. The summed E-state index contributed by atoms with van der Waals surface area (Å²) in [6, 6.07) is 23.4. The van der Waals surface area contributed by atoms with Gasteiger partial charge in [-0.1, -0.05) is 42.5 Å². The number of imidazole rings is 1. The van der Waals surface area contributed by atoms with Crippen molar-refractivity contribution in [2.24, 2.45) is 0 Å². The number of carbonyl (C=O) groups excluding carboxylic acids is 1. The molecule has 15 heteroatoms. The van der Waals surface area contributed by atoms with Crippen LogP contribution in [0.5, 0.6) is 0 Å². The first-order valence-electron chi connectivity index (χ1n) is 17.7. The van der Waals surface area contributed by atoms with Crippen LogP contribution in [0.15, 0.2) is 84.0 Å². The van der Waals surface area contributed by atoms with Crippen molar-refractivity contribution in [1.29, 1.82) is 0 Å². The van der Waals surface area contributed by atoms with Gasteiger partial charge < -0.3 is 24.0 Å². The van der Waals surface area contributed by atoms with E-state index in [0.717, 1.165) is 81.8 Å². The molecule has 2 aliphatic rings. The summed E-state index contributed by atoms with van der Waals surface area (Å²) in [5.74, 6) is 0.696. The molecule has 13 nitrogen and oxygen atoms in total. The summed E-state index contributed by atoms with van der Waals surface area (Å²) in [5.41, 5.74) is 3.71. The van der Waals surface area contributed by atoms with Crippen LogP contribution >= 0.6 is 12.4 Å². The van der Waals surface area contributed by atoms with Crippen molar-refractivity contribution in [3.05, 3.63) is 90.3 Å². The summed E-state index contributed by atoms with van der Waals surface area (Å²) in [7, 11) is -3.68. The lowest BCUT2D eigenvalue weighted by molar-refractivity contribution is 0.0777. The van der Waals surface area contributed by atoms with Crippen LogP contribution in [0.1, 0.15) is 42.1 Å². The Hall–Kier alpha value is -4.37. The Balaban J connectivity index is 0.00000464. The van der Waals surface area contributed by atoms with Crippen molar-refractivity contribution < 1.29 is 17.9 Å². The van der Waals surface area contributed by atoms with E-state index in [9.17, 15) is 13.2 Å². The van der Waals surface area contributed by atoms with E-state index in [1.165, 1.54) is 22.6 Å². The number of carbonyl (C=O) groups is 1. The highest BCUT2D eigenvalue weighted by Crippen LogP contribution is 2.39. The summed E-state index contributed by atoms with van der Waals surface area (Å²) < 4.78 is 35.1. The molecule has 2 aromatic heterocycles. The van der Waals surface area contributed by atoms with E-state index >= 15 is 0 Å². The van der Waals surface area contributed by atoms with Crippen LogP contribution in [0.25, 0.3) is 16.7 Å². The first-order chi connectivity index (χ1) is 24.8. The summed E-state index contributed by atoms with van der Waals surface area (Å²) in [5, 5.41) is 11.3. The molecule has 0 N–H and O–H groups in total. The van der Waals surface area contributed by atoms with Gasteiger partial charge in [-0.05, 0) is 85.6 Å². The molecular formula is C37H46ClN9O4S. The molecule has 0 saturated carbocycles. The largest absolute Gasteiger partial charge is 0.380 e. The van der Waals surface area contributed by atoms with Gasteiger partial charge >= 0.3 is 0 Å². The minimum Gasteiger partial charge on any atom is -0.380 e. The van der Waals surface area contributed by atoms with Crippen LogP contribution in [0, 0.1) is 0 Å². The molecule has 0 bridgehead atoms. The van der Waals surface area contributed by atoms with Gasteiger partial charge in [-0.2, -0.15) is 0 Å². The Labute approximate surface area is 310 Å². The zero-order valence-electron chi connectivity index (χ0n) is 29.7. The highest BCUT2D eigenvalue weighted by molar-refractivity contribution is 7.90. The molecule has 4 heterocycles. The van der Waals surface area contributed by atoms with E-state index in [2.05, 4.69) is 72.4 Å². The van der Waals surface area contributed by atoms with Gasteiger partial charge in [0.15, 0.2) is 9.84 Å². The van der Waals surface area contributed by atoms with E-state index in [1.54, 1.807) is 12.1 Å². The Kier molecular flexibility index (Phi) is 11.6. The zero-order valence-corrected chi connectivity index (χ0v) is 31.3. The molecule has 2 fully saturated rings. The fraction of sp³-hybridized carbons (Fsp3) is 0.432. The van der Waals surface area contributed by atoms with E-state index in [-0.39, 0.29) is 34.2 Å². The van der Waals surface area contributed by atoms with Gasteiger partial charge in [0.25, 0.3) is 5.91 Å². The molecule has 2 saturated heterocycles. The molecule has 5 aromatic rings. The molecule has 52 heavy (non-hydrogen) atoms. The second-order valence-electron chi connectivity index (χ2n) is 13.5. The molecule has 1 unspecified atom stereocenters. The van der Waals surface area contributed by atoms with Crippen LogP contribution in [-0.2, 0) is 26.5 Å². The number of nitrogens with zero attached hydrogens (tertiary/aromatic N) is 9. The van der Waals surface area contributed by atoms with E-state index in [1.807, 2.05) is 24.0 Å². The standard InChI is InChI=1S/C37H45N9O4S.ClH/c1-3-50-25-24-45-33-13-8-7-12-32(33)39-36(45)43-19-9-18-42(22-23-43)20-16-37(29-10-5-4-6-11-29)17-21-44(27-37)35(47)31-26-30(46-28-38-40-41-46)14-15-34(31)51(2,48)49;/h4-8,10-15,26,28H,3,9,16-25,27H2,1-2H3;1H. The fourth-order valence-electron chi connectivity index (χ4n) is 7.61. The monoisotopic (exact) mass is 747 g/mol. The molecule has 0 radical (unpaired) electrons. The van der Waals surface area contributed by atoms with Crippen LogP contribution in [0.4, 0.5) is 5.95 Å². The molecule has 0 aliphatic carbocycles. The third-order valence-corrected chi connectivity index (χ3v) is 11.5. The van der Waals surface area contributed by atoms with Crippen LogP contribution in [-0.4, -0.2) is 119 Å². The fourth-order valence-corrected chi connectivity index (χ4v) is 8.47. The number of hydrogen-bond donors (Lipinski definition) is 0. The number of anilines is 1. The number of halogens is 1. The molecule has 7 rings (SSSR count). The van der Waals surface area contributed by atoms with Crippen molar-refractivity contribution in [3.8, 4) is 5.69 Å². The Morgan fingerprint density at radius 3 is 2.52 bits per heavy atom. The van der Waals surface area contributed by atoms with Gasteiger partial charge in [0.1, 0.15) is 6.33 Å². The number of amides is 1. The Morgan fingerprint density at radius 2 is 1.75 bits per heavy atom. The first-order valence-corrected chi connectivity index (χ1v) is 19.6. The summed E-state index contributed by atoms with van der Waals surface area (Å²) >= 11 is 0. The number of fused-ring (bicyclic) bond motifs is 1. The number of rotatable bonds is 12. The average molecular weight is 748 g/mol. The number of aromatic nitrogens is 6. The van der Waals surface area contributed by atoms with Crippen molar-refractivity contribution >= 4 is 45.1 Å². The minimum atomic E-state index is -3.68. The first kappa shape index (κ1) is 37.4. The molecular weight excluding hydrogens is 702 g/mol. The number of benzene rings is 3. The maximum atomic E-state index is 14.2.